The first-order chi connectivity index (χ1) is 11.9. The Morgan fingerprint density at radius 3 is 2.72 bits per heavy atom. The molecule has 1 amide bonds. The van der Waals surface area contributed by atoms with Crippen LogP contribution >= 0.6 is 15.9 Å². The van der Waals surface area contributed by atoms with E-state index in [0.717, 1.165) is 22.8 Å². The number of nitro groups is 1. The highest BCUT2D eigenvalue weighted by molar-refractivity contribution is 9.10. The van der Waals surface area contributed by atoms with Gasteiger partial charge >= 0.3 is 0 Å². The van der Waals surface area contributed by atoms with Crippen LogP contribution in [0.5, 0.6) is 17.2 Å². The molecule has 0 bridgehead atoms. The Balaban J connectivity index is 1.97. The predicted octanol–water partition coefficient (Wildman–Crippen LogP) is 2.30. The van der Waals surface area contributed by atoms with Crippen molar-refractivity contribution >= 4 is 33.7 Å². The average Bonchev–Trinajstić information content (AvgIpc) is 2.55. The zero-order chi connectivity index (χ0) is 18.4. The molecule has 2 rings (SSSR count). The number of hydrogen-bond acceptors (Lipinski definition) is 7. The number of carbonyl (C=O) groups is 1. The van der Waals surface area contributed by atoms with E-state index in [0.29, 0.717) is 5.75 Å². The molecule has 9 nitrogen and oxygen atoms in total. The van der Waals surface area contributed by atoms with Gasteiger partial charge in [0.25, 0.3) is 11.6 Å². The number of nitrogens with zero attached hydrogens (tertiary/aromatic N) is 2. The molecule has 0 aliphatic rings. The number of ether oxygens (including phenoxy) is 1. The van der Waals surface area contributed by atoms with Crippen LogP contribution in [-0.2, 0) is 4.79 Å². The number of hydrogen-bond donors (Lipinski definition) is 3. The molecule has 0 saturated heterocycles. The monoisotopic (exact) mass is 409 g/mol. The van der Waals surface area contributed by atoms with E-state index in [1.807, 2.05) is 0 Å². The second kappa shape index (κ2) is 8.11. The van der Waals surface area contributed by atoms with Crippen molar-refractivity contribution in [3.63, 3.8) is 0 Å². The average molecular weight is 410 g/mol. The van der Waals surface area contributed by atoms with Gasteiger partial charge in [0.2, 0.25) is 0 Å². The number of nitro benzene ring substituents is 1. The van der Waals surface area contributed by atoms with Gasteiger partial charge in [-0.15, -0.1) is 0 Å². The van der Waals surface area contributed by atoms with E-state index in [4.69, 9.17) is 4.74 Å². The summed E-state index contributed by atoms with van der Waals surface area (Å²) in [6.07, 6.45) is 0.980. The molecule has 0 radical (unpaired) electrons. The van der Waals surface area contributed by atoms with Gasteiger partial charge in [-0.25, -0.2) is 5.43 Å². The van der Waals surface area contributed by atoms with Gasteiger partial charge in [0.1, 0.15) is 5.75 Å². The molecule has 25 heavy (non-hydrogen) atoms. The van der Waals surface area contributed by atoms with Gasteiger partial charge < -0.3 is 14.9 Å². The number of nitrogens with one attached hydrogen (secondary N) is 1. The summed E-state index contributed by atoms with van der Waals surface area (Å²) in [5, 5.41) is 33.2. The number of phenolic OH excluding ortho intramolecular Hbond substituents is 2. The first kappa shape index (κ1) is 18.2. The fourth-order valence-electron chi connectivity index (χ4n) is 1.76. The number of benzene rings is 2. The van der Waals surface area contributed by atoms with Crippen LogP contribution in [0, 0.1) is 10.1 Å². The highest BCUT2D eigenvalue weighted by Gasteiger charge is 2.16. The third-order valence-corrected chi connectivity index (χ3v) is 3.37. The van der Waals surface area contributed by atoms with Crippen LogP contribution in [-0.4, -0.2) is 33.9 Å². The van der Waals surface area contributed by atoms with E-state index in [9.17, 15) is 25.1 Å². The molecule has 2 aromatic carbocycles. The Kier molecular flexibility index (Phi) is 5.90. The van der Waals surface area contributed by atoms with Crippen molar-refractivity contribution in [2.75, 3.05) is 6.61 Å². The molecule has 0 atom stereocenters. The topological polar surface area (TPSA) is 134 Å². The number of hydrazone groups is 1. The molecule has 0 aromatic heterocycles. The molecule has 3 N–H and O–H groups in total. The summed E-state index contributed by atoms with van der Waals surface area (Å²) in [6, 6.07) is 8.64. The normalized spacial score (nSPS) is 10.6. The lowest BCUT2D eigenvalue weighted by atomic mass is 10.1. The number of aromatic hydroxyl groups is 2. The van der Waals surface area contributed by atoms with Gasteiger partial charge in [-0.1, -0.05) is 22.0 Å². The van der Waals surface area contributed by atoms with Crippen LogP contribution < -0.4 is 10.2 Å². The minimum absolute atomic E-state index is 0.0893. The van der Waals surface area contributed by atoms with Crippen LogP contribution in [0.25, 0.3) is 0 Å². The van der Waals surface area contributed by atoms with Gasteiger partial charge in [-0.2, -0.15) is 5.10 Å². The van der Waals surface area contributed by atoms with Gasteiger partial charge in [-0.05, 0) is 24.3 Å². The lowest BCUT2D eigenvalue weighted by molar-refractivity contribution is -0.385. The van der Waals surface area contributed by atoms with Gasteiger partial charge in [0.15, 0.2) is 18.1 Å². The number of phenols is 2. The second-order valence-corrected chi connectivity index (χ2v) is 5.61. The molecular formula is C15H12BrN3O6. The first-order valence-corrected chi connectivity index (χ1v) is 7.56. The molecule has 10 heteroatoms. The maximum absolute atomic E-state index is 11.6. The van der Waals surface area contributed by atoms with E-state index in [2.05, 4.69) is 26.5 Å². The molecule has 0 heterocycles. The van der Waals surface area contributed by atoms with Crippen molar-refractivity contribution in [1.29, 1.82) is 0 Å². The van der Waals surface area contributed by atoms with Crippen molar-refractivity contribution in [3.05, 3.63) is 56.5 Å². The lowest BCUT2D eigenvalue weighted by Gasteiger charge is -2.05. The summed E-state index contributed by atoms with van der Waals surface area (Å²) in [5.74, 6) is -1.28. The molecule has 0 saturated carbocycles. The van der Waals surface area contributed by atoms with Crippen molar-refractivity contribution < 1.29 is 24.7 Å². The number of rotatable bonds is 6. The molecular weight excluding hydrogens is 398 g/mol. The third kappa shape index (κ3) is 5.18. The van der Waals surface area contributed by atoms with E-state index in [1.54, 1.807) is 24.3 Å². The molecule has 0 fully saturated rings. The Bertz CT molecular complexity index is 840. The second-order valence-electron chi connectivity index (χ2n) is 4.70. The smallest absolute Gasteiger partial charge is 0.282 e. The van der Waals surface area contributed by atoms with Crippen LogP contribution in [0.15, 0.2) is 46.0 Å². The standard InChI is InChI=1S/C15H12BrN3O6/c16-10-2-1-3-11(5-10)25-8-15(22)18-17-7-9-4-13(20)14(21)6-12(9)19(23)24/h1-7,20-21H,8H2,(H,18,22)/b17-7+. The number of amides is 1. The van der Waals surface area contributed by atoms with Crippen molar-refractivity contribution in [2.24, 2.45) is 5.10 Å². The summed E-state index contributed by atoms with van der Waals surface area (Å²) in [4.78, 5) is 21.8. The molecule has 0 aliphatic carbocycles. The predicted molar refractivity (Wildman–Crippen MR) is 91.8 cm³/mol. The van der Waals surface area contributed by atoms with E-state index >= 15 is 0 Å². The Morgan fingerprint density at radius 1 is 1.32 bits per heavy atom. The van der Waals surface area contributed by atoms with Gasteiger partial charge in [0, 0.05) is 4.47 Å². The maximum Gasteiger partial charge on any atom is 0.282 e. The van der Waals surface area contributed by atoms with Crippen LogP contribution in [0.1, 0.15) is 5.56 Å². The van der Waals surface area contributed by atoms with Gasteiger partial charge in [0.05, 0.1) is 22.8 Å². The summed E-state index contributed by atoms with van der Waals surface area (Å²) < 4.78 is 6.05. The zero-order valence-electron chi connectivity index (χ0n) is 12.5. The summed E-state index contributed by atoms with van der Waals surface area (Å²) in [6.45, 7) is -0.309. The van der Waals surface area contributed by atoms with Crippen molar-refractivity contribution in [3.8, 4) is 17.2 Å². The maximum atomic E-state index is 11.6. The highest BCUT2D eigenvalue weighted by Crippen LogP contribution is 2.31. The minimum atomic E-state index is -0.751. The van der Waals surface area contributed by atoms with Crippen LogP contribution in [0.2, 0.25) is 0 Å². The summed E-state index contributed by atoms with van der Waals surface area (Å²) >= 11 is 3.27. The quantitative estimate of drug-likeness (QED) is 0.290. The molecule has 0 spiro atoms. The molecule has 130 valence electrons. The zero-order valence-corrected chi connectivity index (χ0v) is 14.1. The fraction of sp³-hybridized carbons (Fsp3) is 0.0667. The highest BCUT2D eigenvalue weighted by atomic mass is 79.9. The van der Waals surface area contributed by atoms with E-state index in [1.165, 1.54) is 0 Å². The molecule has 0 aliphatic heterocycles. The van der Waals surface area contributed by atoms with Gasteiger partial charge in [-0.3, -0.25) is 14.9 Å². The molecule has 0 unspecified atom stereocenters. The SMILES string of the molecule is O=C(COc1cccc(Br)c1)N/N=C/c1cc(O)c(O)cc1[N+](=O)[O-]. The van der Waals surface area contributed by atoms with Crippen LogP contribution in [0.3, 0.4) is 0 Å². The Hall–Kier alpha value is -3.14. The number of carbonyl (C=O) groups excluding carboxylic acids is 1. The Morgan fingerprint density at radius 2 is 2.04 bits per heavy atom. The lowest BCUT2D eigenvalue weighted by Crippen LogP contribution is -2.24. The Labute approximate surface area is 149 Å². The number of halogens is 1. The van der Waals surface area contributed by atoms with E-state index < -0.39 is 28.0 Å². The minimum Gasteiger partial charge on any atom is -0.504 e. The van der Waals surface area contributed by atoms with E-state index in [-0.39, 0.29) is 12.2 Å². The third-order valence-electron chi connectivity index (χ3n) is 2.88. The molecule has 2 aromatic rings. The first-order valence-electron chi connectivity index (χ1n) is 6.77. The summed E-state index contributed by atoms with van der Waals surface area (Å²) in [5.41, 5.74) is 1.58. The van der Waals surface area contributed by atoms with Crippen molar-refractivity contribution in [1.82, 2.24) is 5.43 Å². The summed E-state index contributed by atoms with van der Waals surface area (Å²) in [7, 11) is 0. The van der Waals surface area contributed by atoms with Crippen LogP contribution in [0.4, 0.5) is 5.69 Å². The fourth-order valence-corrected chi connectivity index (χ4v) is 2.13. The largest absolute Gasteiger partial charge is 0.504 e. The van der Waals surface area contributed by atoms with Crippen molar-refractivity contribution in [2.45, 2.75) is 0 Å².